The highest BCUT2D eigenvalue weighted by Gasteiger charge is 2.05. The first-order chi connectivity index (χ1) is 10.9. The molecule has 2 heteroatoms. The van der Waals surface area contributed by atoms with Gasteiger partial charge in [-0.15, -0.1) is 6.42 Å². The van der Waals surface area contributed by atoms with Crippen LogP contribution in [-0.4, -0.2) is 0 Å². The van der Waals surface area contributed by atoms with E-state index in [0.29, 0.717) is 0 Å². The zero-order chi connectivity index (χ0) is 15.9. The van der Waals surface area contributed by atoms with E-state index in [0.717, 1.165) is 12.2 Å². The van der Waals surface area contributed by atoms with Gasteiger partial charge in [0.25, 0.3) is 5.69 Å². The third kappa shape index (κ3) is 11.4. The SMILES string of the molecule is C#Cc1cccc[n+]1CCCCCCCCCCCCCC.[Br-]. The molecule has 0 radical (unpaired) electrons. The van der Waals surface area contributed by atoms with Gasteiger partial charge in [0.2, 0.25) is 0 Å². The molecule has 1 aromatic rings. The number of unbranched alkanes of at least 4 members (excludes halogenated alkanes) is 11. The van der Waals surface area contributed by atoms with Crippen molar-refractivity contribution in [2.75, 3.05) is 0 Å². The summed E-state index contributed by atoms with van der Waals surface area (Å²) in [6, 6.07) is 6.08. The van der Waals surface area contributed by atoms with Gasteiger partial charge in [-0.1, -0.05) is 71.1 Å². The summed E-state index contributed by atoms with van der Waals surface area (Å²) in [6.45, 7) is 3.33. The van der Waals surface area contributed by atoms with E-state index in [1.165, 1.54) is 77.0 Å². The Labute approximate surface area is 154 Å². The molecule has 1 nitrogen and oxygen atoms in total. The van der Waals surface area contributed by atoms with Crippen LogP contribution in [-0.2, 0) is 6.54 Å². The molecule has 23 heavy (non-hydrogen) atoms. The third-order valence-electron chi connectivity index (χ3n) is 4.34. The van der Waals surface area contributed by atoms with Gasteiger partial charge in [0, 0.05) is 18.6 Å². The normalized spacial score (nSPS) is 10.1. The van der Waals surface area contributed by atoms with Gasteiger partial charge in [-0.2, -0.15) is 4.57 Å². The lowest BCUT2D eigenvalue weighted by Crippen LogP contribution is -3.00. The van der Waals surface area contributed by atoms with Gasteiger partial charge in [0.15, 0.2) is 6.20 Å². The first-order valence-corrected chi connectivity index (χ1v) is 9.33. The largest absolute Gasteiger partial charge is 1.00 e. The minimum Gasteiger partial charge on any atom is -1.00 e. The minimum absolute atomic E-state index is 0. The lowest BCUT2D eigenvalue weighted by atomic mass is 10.1. The molecule has 0 unspecified atom stereocenters. The molecule has 0 fully saturated rings. The molecule has 0 saturated heterocycles. The van der Waals surface area contributed by atoms with Crippen LogP contribution in [0.1, 0.15) is 89.7 Å². The highest BCUT2D eigenvalue weighted by molar-refractivity contribution is 5.18. The van der Waals surface area contributed by atoms with Gasteiger partial charge >= 0.3 is 0 Å². The number of rotatable bonds is 13. The molecule has 0 aliphatic heterocycles. The molecule has 0 spiro atoms. The van der Waals surface area contributed by atoms with E-state index in [-0.39, 0.29) is 17.0 Å². The zero-order valence-corrected chi connectivity index (χ0v) is 16.5. The summed E-state index contributed by atoms with van der Waals surface area (Å²) in [5, 5.41) is 0. The molecule has 0 N–H and O–H groups in total. The topological polar surface area (TPSA) is 3.88 Å². The molecule has 0 amide bonds. The Morgan fingerprint density at radius 3 is 1.87 bits per heavy atom. The molecule has 0 saturated carbocycles. The summed E-state index contributed by atoms with van der Waals surface area (Å²) in [5.41, 5.74) is 0.991. The van der Waals surface area contributed by atoms with Crippen LogP contribution in [0.5, 0.6) is 0 Å². The van der Waals surface area contributed by atoms with Crippen molar-refractivity contribution in [3.63, 3.8) is 0 Å². The van der Waals surface area contributed by atoms with Crippen molar-refractivity contribution in [2.24, 2.45) is 0 Å². The number of halogens is 1. The van der Waals surface area contributed by atoms with Gasteiger partial charge in [-0.25, -0.2) is 0 Å². The van der Waals surface area contributed by atoms with Crippen molar-refractivity contribution >= 4 is 0 Å². The number of nitrogens with zero attached hydrogens (tertiary/aromatic N) is 1. The fraction of sp³-hybridized carbons (Fsp3) is 0.667. The highest BCUT2D eigenvalue weighted by Crippen LogP contribution is 2.11. The molecule has 0 atom stereocenters. The third-order valence-corrected chi connectivity index (χ3v) is 4.34. The summed E-state index contributed by atoms with van der Waals surface area (Å²) in [5.74, 6) is 2.75. The van der Waals surface area contributed by atoms with E-state index in [4.69, 9.17) is 6.42 Å². The van der Waals surface area contributed by atoms with Crippen molar-refractivity contribution in [2.45, 2.75) is 90.5 Å². The first kappa shape index (κ1) is 22.2. The lowest BCUT2D eigenvalue weighted by Gasteiger charge is -2.02. The number of hydrogen-bond donors (Lipinski definition) is 0. The second-order valence-electron chi connectivity index (χ2n) is 6.31. The van der Waals surface area contributed by atoms with E-state index in [1.54, 1.807) is 0 Å². The molecule has 0 aliphatic carbocycles. The van der Waals surface area contributed by atoms with Crippen LogP contribution in [0.3, 0.4) is 0 Å². The summed E-state index contributed by atoms with van der Waals surface area (Å²) in [7, 11) is 0. The van der Waals surface area contributed by atoms with E-state index >= 15 is 0 Å². The van der Waals surface area contributed by atoms with Crippen molar-refractivity contribution in [1.82, 2.24) is 0 Å². The fourth-order valence-electron chi connectivity index (χ4n) is 2.93. The average Bonchev–Trinajstić information content (AvgIpc) is 2.56. The van der Waals surface area contributed by atoms with Gasteiger partial charge in [-0.05, 0) is 18.4 Å². The molecule has 0 aromatic carbocycles. The number of hydrogen-bond acceptors (Lipinski definition) is 0. The number of aryl methyl sites for hydroxylation is 1. The summed E-state index contributed by atoms with van der Waals surface area (Å²) in [4.78, 5) is 0. The number of aromatic nitrogens is 1. The average molecular weight is 380 g/mol. The minimum atomic E-state index is 0. The van der Waals surface area contributed by atoms with Gasteiger partial charge in [-0.3, -0.25) is 0 Å². The predicted octanol–water partition coefficient (Wildman–Crippen LogP) is 2.66. The maximum atomic E-state index is 5.52. The highest BCUT2D eigenvalue weighted by atomic mass is 79.9. The molecule has 130 valence electrons. The van der Waals surface area contributed by atoms with Gasteiger partial charge in [0.05, 0.1) is 0 Å². The van der Waals surface area contributed by atoms with Gasteiger partial charge in [0.1, 0.15) is 6.54 Å². The Bertz CT molecular complexity index is 422. The maximum absolute atomic E-state index is 5.52. The lowest BCUT2D eigenvalue weighted by molar-refractivity contribution is -0.699. The molecular formula is C21H34BrN. The van der Waals surface area contributed by atoms with Crippen molar-refractivity contribution in [3.05, 3.63) is 30.1 Å². The molecule has 0 bridgehead atoms. The Balaban J connectivity index is 0.00000484. The van der Waals surface area contributed by atoms with Crippen LogP contribution in [0.4, 0.5) is 0 Å². The van der Waals surface area contributed by atoms with Crippen LogP contribution in [0, 0.1) is 12.3 Å². The zero-order valence-electron chi connectivity index (χ0n) is 14.9. The quantitative estimate of drug-likeness (QED) is 0.281. The monoisotopic (exact) mass is 379 g/mol. The van der Waals surface area contributed by atoms with Crippen LogP contribution in [0.2, 0.25) is 0 Å². The Morgan fingerprint density at radius 2 is 1.35 bits per heavy atom. The van der Waals surface area contributed by atoms with Gasteiger partial charge < -0.3 is 17.0 Å². The van der Waals surface area contributed by atoms with Crippen molar-refractivity contribution < 1.29 is 21.5 Å². The van der Waals surface area contributed by atoms with Crippen LogP contribution in [0.25, 0.3) is 0 Å². The first-order valence-electron chi connectivity index (χ1n) is 9.33. The molecule has 0 aliphatic rings. The Hall–Kier alpha value is -0.810. The maximum Gasteiger partial charge on any atom is 0.256 e. The number of terminal acetylenes is 1. The van der Waals surface area contributed by atoms with Crippen LogP contribution in [0.15, 0.2) is 24.4 Å². The molecular weight excluding hydrogens is 346 g/mol. The van der Waals surface area contributed by atoms with Crippen LogP contribution < -0.4 is 21.5 Å². The summed E-state index contributed by atoms with van der Waals surface area (Å²) in [6.07, 6.45) is 24.3. The second-order valence-corrected chi connectivity index (χ2v) is 6.31. The Morgan fingerprint density at radius 1 is 0.826 bits per heavy atom. The van der Waals surface area contributed by atoms with E-state index < -0.39 is 0 Å². The van der Waals surface area contributed by atoms with Crippen molar-refractivity contribution in [3.8, 4) is 12.3 Å². The second kappa shape index (κ2) is 16.1. The summed E-state index contributed by atoms with van der Waals surface area (Å²) < 4.78 is 2.19. The summed E-state index contributed by atoms with van der Waals surface area (Å²) >= 11 is 0. The standard InChI is InChI=1S/C21H34N.BrH/c1-3-5-6-7-8-9-10-11-12-13-14-16-19-22-20-17-15-18-21(22)4-2;/h2,15,17-18,20H,3,5-14,16,19H2,1H3;1H/q+1;/p-1. The smallest absolute Gasteiger partial charge is 0.256 e. The molecule has 1 heterocycles. The number of pyridine rings is 1. The van der Waals surface area contributed by atoms with E-state index in [9.17, 15) is 0 Å². The van der Waals surface area contributed by atoms with E-state index in [1.807, 2.05) is 12.1 Å². The van der Waals surface area contributed by atoms with E-state index in [2.05, 4.69) is 29.7 Å². The fourth-order valence-corrected chi connectivity index (χ4v) is 2.93. The van der Waals surface area contributed by atoms with Crippen molar-refractivity contribution in [1.29, 1.82) is 0 Å². The Kier molecular flexibility index (Phi) is 15.5. The van der Waals surface area contributed by atoms with Crippen LogP contribution >= 0.6 is 0 Å². The predicted molar refractivity (Wildman–Crippen MR) is 95.7 cm³/mol. The molecule has 1 rings (SSSR count). The molecule has 1 aromatic heterocycles.